The monoisotopic (exact) mass is 160 g/mol. The van der Waals surface area contributed by atoms with Gasteiger partial charge in [0.05, 0.1) is 0 Å². The normalized spacial score (nSPS) is 29.1. The minimum absolute atomic E-state index is 0.745. The van der Waals surface area contributed by atoms with Crippen molar-refractivity contribution in [1.82, 2.24) is 0 Å². The Morgan fingerprint density at radius 3 is 3.08 bits per heavy atom. The molecule has 0 bridgehead atoms. The molecule has 1 atom stereocenters. The van der Waals surface area contributed by atoms with Crippen LogP contribution in [0.25, 0.3) is 0 Å². The molecule has 12 heavy (non-hydrogen) atoms. The van der Waals surface area contributed by atoms with E-state index in [1.165, 1.54) is 36.8 Å². The number of rotatable bonds is 0. The van der Waals surface area contributed by atoms with Gasteiger partial charge in [-0.1, -0.05) is 31.2 Å². The van der Waals surface area contributed by atoms with Gasteiger partial charge in [0, 0.05) is 0 Å². The Kier molecular flexibility index (Phi) is 1.92. The van der Waals surface area contributed by atoms with Gasteiger partial charge in [0.25, 0.3) is 0 Å². The highest BCUT2D eigenvalue weighted by molar-refractivity contribution is 5.46. The summed E-state index contributed by atoms with van der Waals surface area (Å²) in [7, 11) is 0. The van der Waals surface area contributed by atoms with Gasteiger partial charge in [0.1, 0.15) is 0 Å². The van der Waals surface area contributed by atoms with Crippen LogP contribution in [0.4, 0.5) is 0 Å². The van der Waals surface area contributed by atoms with Crippen LogP contribution in [-0.4, -0.2) is 0 Å². The lowest BCUT2D eigenvalue weighted by Crippen LogP contribution is -2.08. The predicted molar refractivity (Wildman–Crippen MR) is 52.9 cm³/mol. The molecule has 64 valence electrons. The molecule has 0 aliphatic heterocycles. The van der Waals surface area contributed by atoms with Crippen LogP contribution >= 0.6 is 0 Å². The van der Waals surface area contributed by atoms with Crippen LogP contribution in [0.2, 0.25) is 0 Å². The molecule has 0 heteroatoms. The molecule has 0 fully saturated rings. The summed E-state index contributed by atoms with van der Waals surface area (Å²) in [5.74, 6) is 0.745. The van der Waals surface area contributed by atoms with Gasteiger partial charge in [-0.15, -0.1) is 0 Å². The lowest BCUT2D eigenvalue weighted by atomic mass is 9.80. The molecule has 0 aromatic carbocycles. The molecule has 0 amide bonds. The van der Waals surface area contributed by atoms with Crippen molar-refractivity contribution in [3.63, 3.8) is 0 Å². The summed E-state index contributed by atoms with van der Waals surface area (Å²) in [5, 5.41) is 0. The fourth-order valence-corrected chi connectivity index (χ4v) is 2.20. The molecule has 0 heterocycles. The zero-order chi connectivity index (χ0) is 8.55. The molecule has 0 aromatic rings. The van der Waals surface area contributed by atoms with Crippen LogP contribution in [0, 0.1) is 5.92 Å². The zero-order valence-corrected chi connectivity index (χ0v) is 7.77. The maximum Gasteiger partial charge on any atom is -0.0221 e. The molecular formula is C12H16. The Morgan fingerprint density at radius 2 is 2.25 bits per heavy atom. The zero-order valence-electron chi connectivity index (χ0n) is 7.77. The Labute approximate surface area is 74.7 Å². The first-order valence-electron chi connectivity index (χ1n) is 4.86. The van der Waals surface area contributed by atoms with Crippen molar-refractivity contribution in [2.45, 2.75) is 32.6 Å². The summed E-state index contributed by atoms with van der Waals surface area (Å²) in [4.78, 5) is 0. The van der Waals surface area contributed by atoms with E-state index >= 15 is 0 Å². The first kappa shape index (κ1) is 7.85. The molecule has 1 unspecified atom stereocenters. The fraction of sp³-hybridized carbons (Fsp3) is 0.500. The lowest BCUT2D eigenvalue weighted by molar-refractivity contribution is 0.637. The third-order valence-corrected chi connectivity index (χ3v) is 2.88. The SMILES string of the molecule is C=C1CCCC2=C1C=CC(C)C2. The number of hydrogen-bond acceptors (Lipinski definition) is 0. The molecular weight excluding hydrogens is 144 g/mol. The average Bonchev–Trinajstić information content (AvgIpc) is 2.04. The van der Waals surface area contributed by atoms with Gasteiger partial charge in [-0.2, -0.15) is 0 Å². The Bertz CT molecular complexity index is 266. The molecule has 0 radical (unpaired) electrons. The third kappa shape index (κ3) is 1.26. The second-order valence-electron chi connectivity index (χ2n) is 4.01. The maximum absolute atomic E-state index is 4.11. The van der Waals surface area contributed by atoms with Gasteiger partial charge < -0.3 is 0 Å². The molecule has 2 aliphatic carbocycles. The van der Waals surface area contributed by atoms with E-state index in [9.17, 15) is 0 Å². The van der Waals surface area contributed by atoms with Gasteiger partial charge in [0.2, 0.25) is 0 Å². The summed E-state index contributed by atoms with van der Waals surface area (Å²) in [6.07, 6.45) is 9.70. The molecule has 2 aliphatic rings. The van der Waals surface area contributed by atoms with Crippen LogP contribution in [-0.2, 0) is 0 Å². The van der Waals surface area contributed by atoms with E-state index in [-0.39, 0.29) is 0 Å². The molecule has 0 N–H and O–H groups in total. The van der Waals surface area contributed by atoms with Crippen LogP contribution in [0.3, 0.4) is 0 Å². The second-order valence-corrected chi connectivity index (χ2v) is 4.01. The summed E-state index contributed by atoms with van der Waals surface area (Å²) in [6.45, 7) is 6.40. The van der Waals surface area contributed by atoms with Crippen molar-refractivity contribution >= 4 is 0 Å². The third-order valence-electron chi connectivity index (χ3n) is 2.88. The lowest BCUT2D eigenvalue weighted by Gasteiger charge is -2.25. The minimum atomic E-state index is 0.745. The van der Waals surface area contributed by atoms with Crippen LogP contribution in [0.1, 0.15) is 32.6 Å². The molecule has 0 nitrogen and oxygen atoms in total. The quantitative estimate of drug-likeness (QED) is 0.507. The largest absolute Gasteiger partial charge is 0.0952 e. The van der Waals surface area contributed by atoms with E-state index in [2.05, 4.69) is 25.7 Å². The van der Waals surface area contributed by atoms with E-state index in [4.69, 9.17) is 0 Å². The highest BCUT2D eigenvalue weighted by Gasteiger charge is 2.18. The second kappa shape index (κ2) is 2.93. The van der Waals surface area contributed by atoms with Crippen LogP contribution in [0.15, 0.2) is 35.5 Å². The summed E-state index contributed by atoms with van der Waals surface area (Å²) in [6, 6.07) is 0. The summed E-state index contributed by atoms with van der Waals surface area (Å²) in [5.41, 5.74) is 4.49. The standard InChI is InChI=1S/C12H16/c1-9-6-7-12-10(2)4-3-5-11(12)8-9/h6-7,9H,2-5,8H2,1H3. The van der Waals surface area contributed by atoms with Crippen LogP contribution < -0.4 is 0 Å². The molecule has 0 saturated carbocycles. The molecule has 0 aromatic heterocycles. The van der Waals surface area contributed by atoms with E-state index in [1.807, 2.05) is 0 Å². The van der Waals surface area contributed by atoms with Gasteiger partial charge >= 0.3 is 0 Å². The Morgan fingerprint density at radius 1 is 1.42 bits per heavy atom. The van der Waals surface area contributed by atoms with Crippen molar-refractivity contribution in [1.29, 1.82) is 0 Å². The topological polar surface area (TPSA) is 0 Å². The molecule has 2 rings (SSSR count). The van der Waals surface area contributed by atoms with Crippen molar-refractivity contribution < 1.29 is 0 Å². The van der Waals surface area contributed by atoms with Crippen molar-refractivity contribution in [2.24, 2.45) is 5.92 Å². The van der Waals surface area contributed by atoms with Gasteiger partial charge in [-0.05, 0) is 42.7 Å². The van der Waals surface area contributed by atoms with Crippen molar-refractivity contribution in [2.75, 3.05) is 0 Å². The smallest absolute Gasteiger partial charge is 0.0221 e. The average molecular weight is 160 g/mol. The molecule has 0 saturated heterocycles. The van der Waals surface area contributed by atoms with Crippen LogP contribution in [0.5, 0.6) is 0 Å². The fourth-order valence-electron chi connectivity index (χ4n) is 2.20. The van der Waals surface area contributed by atoms with Gasteiger partial charge in [-0.3, -0.25) is 0 Å². The Hall–Kier alpha value is -0.780. The first-order chi connectivity index (χ1) is 5.77. The highest BCUT2D eigenvalue weighted by Crippen LogP contribution is 2.36. The first-order valence-corrected chi connectivity index (χ1v) is 4.86. The van der Waals surface area contributed by atoms with E-state index in [0.717, 1.165) is 5.92 Å². The maximum atomic E-state index is 4.11. The Balaban J connectivity index is 2.31. The minimum Gasteiger partial charge on any atom is -0.0952 e. The van der Waals surface area contributed by atoms with Crippen molar-refractivity contribution in [3.8, 4) is 0 Å². The summed E-state index contributed by atoms with van der Waals surface area (Å²) < 4.78 is 0. The van der Waals surface area contributed by atoms with Crippen molar-refractivity contribution in [3.05, 3.63) is 35.5 Å². The van der Waals surface area contributed by atoms with E-state index in [0.29, 0.717) is 0 Å². The summed E-state index contributed by atoms with van der Waals surface area (Å²) >= 11 is 0. The number of allylic oxidation sites excluding steroid dienone is 5. The van der Waals surface area contributed by atoms with Gasteiger partial charge in [0.15, 0.2) is 0 Å². The molecule has 0 spiro atoms. The number of hydrogen-bond donors (Lipinski definition) is 0. The predicted octanol–water partition coefficient (Wildman–Crippen LogP) is 3.62. The van der Waals surface area contributed by atoms with Gasteiger partial charge in [-0.25, -0.2) is 0 Å². The van der Waals surface area contributed by atoms with E-state index < -0.39 is 0 Å². The highest BCUT2D eigenvalue weighted by atomic mass is 14.2. The van der Waals surface area contributed by atoms with E-state index in [1.54, 1.807) is 5.57 Å².